The summed E-state index contributed by atoms with van der Waals surface area (Å²) >= 11 is 0. The molecule has 148 valence electrons. The maximum Gasteiger partial charge on any atom is 0.299 e. The number of aliphatic imine (C=N–C) groups is 1. The average molecular weight is 381 g/mol. The van der Waals surface area contributed by atoms with E-state index in [0.29, 0.717) is 24.6 Å². The Morgan fingerprint density at radius 3 is 2.85 bits per heavy atom. The largest absolute Gasteiger partial charge is 0.394 e. The Labute approximate surface area is 155 Å². The molecule has 0 saturated carbocycles. The Morgan fingerprint density at radius 1 is 1.48 bits per heavy atom. The highest BCUT2D eigenvalue weighted by Crippen LogP contribution is 2.36. The lowest BCUT2D eigenvalue weighted by Gasteiger charge is -2.28. The molecule has 0 spiro atoms. The molecule has 0 unspecified atom stereocenters. The molecule has 3 aliphatic rings. The van der Waals surface area contributed by atoms with Crippen molar-refractivity contribution in [2.24, 2.45) is 4.99 Å². The molecule has 4 heterocycles. The number of nitrogens with zero attached hydrogens (tertiary/aromatic N) is 6. The van der Waals surface area contributed by atoms with E-state index >= 15 is 0 Å². The van der Waals surface area contributed by atoms with Crippen molar-refractivity contribution < 1.29 is 19.7 Å². The first-order valence-electron chi connectivity index (χ1n) is 8.62. The summed E-state index contributed by atoms with van der Waals surface area (Å²) < 4.78 is 12.3. The van der Waals surface area contributed by atoms with Gasteiger partial charge in [0.05, 0.1) is 26.4 Å². The van der Waals surface area contributed by atoms with E-state index in [1.54, 1.807) is 28.2 Å². The van der Waals surface area contributed by atoms with Crippen LogP contribution < -0.4 is 26.1 Å². The monoisotopic (exact) mass is 381 g/mol. The predicted molar refractivity (Wildman–Crippen MR) is 97.7 cm³/mol. The van der Waals surface area contributed by atoms with E-state index in [0.717, 1.165) is 0 Å². The van der Waals surface area contributed by atoms with Crippen molar-refractivity contribution in [3.63, 3.8) is 0 Å². The van der Waals surface area contributed by atoms with E-state index in [1.807, 2.05) is 0 Å². The molecule has 1 saturated heterocycles. The van der Waals surface area contributed by atoms with Crippen LogP contribution in [0.15, 0.2) is 9.79 Å². The second-order valence-electron chi connectivity index (χ2n) is 6.69. The fourth-order valence-electron chi connectivity index (χ4n) is 3.80. The Balaban J connectivity index is 1.73. The molecule has 1 fully saturated rings. The summed E-state index contributed by atoms with van der Waals surface area (Å²) in [6, 6.07) is 0. The fraction of sp³-hybridized carbons (Fsp3) is 0.667. The van der Waals surface area contributed by atoms with Crippen molar-refractivity contribution in [3.8, 4) is 0 Å². The highest BCUT2D eigenvalue weighted by atomic mass is 16.6. The average Bonchev–Trinajstić information content (AvgIpc) is 3.33. The molecule has 0 bridgehead atoms. The molecule has 4 atom stereocenters. The summed E-state index contributed by atoms with van der Waals surface area (Å²) in [5.74, 6) is 0.340. The van der Waals surface area contributed by atoms with Crippen molar-refractivity contribution in [1.82, 2.24) is 9.66 Å². The van der Waals surface area contributed by atoms with Crippen LogP contribution in [0, 0.1) is 0 Å². The van der Waals surface area contributed by atoms with Crippen LogP contribution in [0.4, 0.5) is 17.5 Å². The lowest BCUT2D eigenvalue weighted by Crippen LogP contribution is -2.46. The van der Waals surface area contributed by atoms with Crippen LogP contribution in [0.5, 0.6) is 0 Å². The van der Waals surface area contributed by atoms with Gasteiger partial charge in [0, 0.05) is 14.2 Å². The van der Waals surface area contributed by atoms with Crippen molar-refractivity contribution in [3.05, 3.63) is 10.4 Å². The second-order valence-corrected chi connectivity index (χ2v) is 6.69. The molecule has 1 aromatic rings. The van der Waals surface area contributed by atoms with E-state index in [-0.39, 0.29) is 24.8 Å². The van der Waals surface area contributed by atoms with Crippen molar-refractivity contribution >= 4 is 23.8 Å². The maximum absolute atomic E-state index is 13.1. The van der Waals surface area contributed by atoms with E-state index in [2.05, 4.69) is 9.98 Å². The lowest BCUT2D eigenvalue weighted by atomic mass is 10.1. The Morgan fingerprint density at radius 2 is 2.26 bits per heavy atom. The first-order valence-corrected chi connectivity index (χ1v) is 8.62. The maximum atomic E-state index is 13.1. The van der Waals surface area contributed by atoms with Gasteiger partial charge in [-0.05, 0) is 0 Å². The van der Waals surface area contributed by atoms with Gasteiger partial charge in [-0.25, -0.2) is 0 Å². The zero-order valence-electron chi connectivity index (χ0n) is 15.1. The number of rotatable bonds is 4. The van der Waals surface area contributed by atoms with Crippen LogP contribution >= 0.6 is 0 Å². The van der Waals surface area contributed by atoms with Crippen molar-refractivity contribution in [2.75, 3.05) is 61.1 Å². The van der Waals surface area contributed by atoms with Crippen LogP contribution in [0.3, 0.4) is 0 Å². The quantitative estimate of drug-likeness (QED) is 0.497. The summed E-state index contributed by atoms with van der Waals surface area (Å²) in [7, 11) is 3.19. The van der Waals surface area contributed by atoms with Crippen molar-refractivity contribution in [2.45, 2.75) is 24.5 Å². The number of hydrogen-bond acceptors (Lipinski definition) is 11. The molecule has 3 aliphatic heterocycles. The zero-order chi connectivity index (χ0) is 19.3. The topological polar surface area (TPSA) is 142 Å². The summed E-state index contributed by atoms with van der Waals surface area (Å²) in [5.41, 5.74) is 6.08. The molecule has 12 nitrogen and oxygen atoms in total. The highest BCUT2D eigenvalue weighted by molar-refractivity contribution is 5.75. The standard InChI is InChI=1S/C15H23N7O5/c1-19-7-21(14-10(24)11(26-2)8(5-23)27-14)12-9(19)13(25)22(15(16)18-12)20-4-3-17-6-20/h6,8,10-11,14,23-24H,3-5,7H2,1-2H3,(H2,16,18)/t8-,10-,11-,14-/m1/s1. The first-order chi connectivity index (χ1) is 13.0. The molecular formula is C15H23N7O5. The summed E-state index contributed by atoms with van der Waals surface area (Å²) in [5, 5.41) is 21.7. The smallest absolute Gasteiger partial charge is 0.299 e. The van der Waals surface area contributed by atoms with Gasteiger partial charge in [0.1, 0.15) is 30.3 Å². The summed E-state index contributed by atoms with van der Waals surface area (Å²) in [6.07, 6.45) is -1.66. The van der Waals surface area contributed by atoms with Gasteiger partial charge in [0.25, 0.3) is 5.56 Å². The fourth-order valence-corrected chi connectivity index (χ4v) is 3.80. The number of fused-ring (bicyclic) bond motifs is 1. The van der Waals surface area contributed by atoms with E-state index in [9.17, 15) is 15.0 Å². The number of aliphatic hydroxyl groups excluding tert-OH is 2. The van der Waals surface area contributed by atoms with Gasteiger partial charge in [-0.3, -0.25) is 14.8 Å². The first kappa shape index (κ1) is 18.0. The van der Waals surface area contributed by atoms with E-state index < -0.39 is 24.5 Å². The van der Waals surface area contributed by atoms with Crippen LogP contribution in [-0.2, 0) is 9.47 Å². The molecule has 1 aromatic heterocycles. The number of aliphatic hydroxyl groups is 2. The molecule has 4 rings (SSSR count). The number of anilines is 3. The van der Waals surface area contributed by atoms with Crippen LogP contribution in [0.25, 0.3) is 0 Å². The van der Waals surface area contributed by atoms with Crippen LogP contribution in [-0.4, -0.2) is 91.3 Å². The Kier molecular flexibility index (Phi) is 4.42. The Hall–Kier alpha value is -2.41. The van der Waals surface area contributed by atoms with Gasteiger partial charge in [0.2, 0.25) is 5.95 Å². The molecular weight excluding hydrogens is 358 g/mol. The molecule has 4 N–H and O–H groups in total. The van der Waals surface area contributed by atoms with Gasteiger partial charge in [-0.15, -0.1) is 0 Å². The van der Waals surface area contributed by atoms with Gasteiger partial charge < -0.3 is 35.2 Å². The van der Waals surface area contributed by atoms with Gasteiger partial charge >= 0.3 is 0 Å². The van der Waals surface area contributed by atoms with E-state index in [4.69, 9.17) is 15.2 Å². The zero-order valence-corrected chi connectivity index (χ0v) is 15.1. The second kappa shape index (κ2) is 6.64. The van der Waals surface area contributed by atoms with Gasteiger partial charge in [0.15, 0.2) is 12.0 Å². The van der Waals surface area contributed by atoms with Gasteiger partial charge in [-0.2, -0.15) is 9.66 Å². The predicted octanol–water partition coefficient (Wildman–Crippen LogP) is -2.89. The highest BCUT2D eigenvalue weighted by Gasteiger charge is 2.49. The minimum absolute atomic E-state index is 0.0156. The molecule has 0 amide bonds. The minimum atomic E-state index is -1.03. The molecule has 0 aliphatic carbocycles. The van der Waals surface area contributed by atoms with Crippen LogP contribution in [0.1, 0.15) is 0 Å². The number of nitrogen functional groups attached to an aromatic ring is 1. The third-order valence-corrected chi connectivity index (χ3v) is 5.06. The third kappa shape index (κ3) is 2.64. The summed E-state index contributed by atoms with van der Waals surface area (Å²) in [6.45, 7) is 1.09. The summed E-state index contributed by atoms with van der Waals surface area (Å²) in [4.78, 5) is 24.9. The molecule has 12 heteroatoms. The van der Waals surface area contributed by atoms with Crippen LogP contribution in [0.2, 0.25) is 0 Å². The molecule has 0 aromatic carbocycles. The minimum Gasteiger partial charge on any atom is -0.394 e. The van der Waals surface area contributed by atoms with Gasteiger partial charge in [-0.1, -0.05) is 0 Å². The molecule has 0 radical (unpaired) electrons. The van der Waals surface area contributed by atoms with Crippen molar-refractivity contribution in [1.29, 1.82) is 0 Å². The molecule has 27 heavy (non-hydrogen) atoms. The van der Waals surface area contributed by atoms with E-state index in [1.165, 1.54) is 11.8 Å². The number of methoxy groups -OCH3 is 1. The number of ether oxygens (including phenoxy) is 2. The SMILES string of the molecule is CO[C@H]1[C@@H](O)[C@H](N2CN(C)c3c2nc(N)n(N2C=NCC2)c3=O)O[C@@H]1CO. The normalized spacial score (nSPS) is 29.9. The Bertz CT molecular complexity index is 814. The third-order valence-electron chi connectivity index (χ3n) is 5.06. The lowest BCUT2D eigenvalue weighted by molar-refractivity contribution is -0.0360. The number of hydrogen-bond donors (Lipinski definition) is 3. The number of aromatic nitrogens is 2. The number of nitrogens with two attached hydrogens (primary N) is 1.